The molecule has 0 bridgehead atoms. The van der Waals surface area contributed by atoms with Crippen LogP contribution in [0, 0.1) is 5.82 Å². The lowest BCUT2D eigenvalue weighted by molar-refractivity contribution is -0.126. The predicted molar refractivity (Wildman–Crippen MR) is 91.2 cm³/mol. The van der Waals surface area contributed by atoms with E-state index in [-0.39, 0.29) is 11.4 Å². The van der Waals surface area contributed by atoms with Crippen molar-refractivity contribution in [2.75, 3.05) is 5.32 Å². The van der Waals surface area contributed by atoms with Gasteiger partial charge >= 0.3 is 0 Å². The molecule has 0 unspecified atom stereocenters. The van der Waals surface area contributed by atoms with Crippen molar-refractivity contribution in [3.63, 3.8) is 0 Å². The number of phenols is 1. The van der Waals surface area contributed by atoms with E-state index in [4.69, 9.17) is 0 Å². The number of halogens is 2. The summed E-state index contributed by atoms with van der Waals surface area (Å²) >= 11 is 3.24. The van der Waals surface area contributed by atoms with Gasteiger partial charge in [0.1, 0.15) is 18.0 Å². The van der Waals surface area contributed by atoms with Gasteiger partial charge in [0, 0.05) is 10.0 Å². The summed E-state index contributed by atoms with van der Waals surface area (Å²) in [6.07, 6.45) is 0.725. The zero-order valence-corrected chi connectivity index (χ0v) is 13.9. The van der Waals surface area contributed by atoms with Crippen LogP contribution in [0.4, 0.5) is 10.1 Å². The minimum absolute atomic E-state index is 0.00198. The van der Waals surface area contributed by atoms with Crippen LogP contribution in [-0.2, 0) is 9.59 Å². The van der Waals surface area contributed by atoms with Gasteiger partial charge in [-0.15, -0.1) is 0 Å². The molecule has 0 saturated heterocycles. The number of para-hydroxylation sites is 1. The van der Waals surface area contributed by atoms with Gasteiger partial charge in [0.2, 0.25) is 11.8 Å². The Bertz CT molecular complexity index is 796. The monoisotopic (exact) mass is 393 g/mol. The Kier molecular flexibility index (Phi) is 6.02. The molecular formula is C16H13BrFN3O3. The molecule has 0 heterocycles. The molecule has 0 aliphatic heterocycles. The summed E-state index contributed by atoms with van der Waals surface area (Å²) in [7, 11) is 0. The molecule has 24 heavy (non-hydrogen) atoms. The van der Waals surface area contributed by atoms with Gasteiger partial charge < -0.3 is 10.4 Å². The summed E-state index contributed by atoms with van der Waals surface area (Å²) in [5, 5.41) is 15.6. The molecular weight excluding hydrogens is 381 g/mol. The molecule has 2 rings (SSSR count). The number of nitrogens with zero attached hydrogens (tertiary/aromatic N) is 1. The van der Waals surface area contributed by atoms with Gasteiger partial charge in [0.25, 0.3) is 0 Å². The van der Waals surface area contributed by atoms with Crippen molar-refractivity contribution < 1.29 is 19.1 Å². The quantitative estimate of drug-likeness (QED) is 0.414. The predicted octanol–water partition coefficient (Wildman–Crippen LogP) is 2.77. The number of aromatic hydroxyl groups is 1. The topological polar surface area (TPSA) is 90.8 Å². The van der Waals surface area contributed by atoms with Crippen LogP contribution in [0.15, 0.2) is 52.0 Å². The second-order valence-electron chi connectivity index (χ2n) is 4.70. The van der Waals surface area contributed by atoms with Gasteiger partial charge in [-0.3, -0.25) is 9.59 Å². The van der Waals surface area contributed by atoms with Crippen molar-refractivity contribution in [1.29, 1.82) is 0 Å². The van der Waals surface area contributed by atoms with Crippen molar-refractivity contribution >= 4 is 39.6 Å². The van der Waals surface area contributed by atoms with Crippen LogP contribution >= 0.6 is 15.9 Å². The SMILES string of the molecule is O=C(CC(=O)Nc1ccccc1F)NN=Cc1cc(Br)ccc1O. The largest absolute Gasteiger partial charge is 0.507 e. The zero-order valence-electron chi connectivity index (χ0n) is 12.3. The summed E-state index contributed by atoms with van der Waals surface area (Å²) < 4.78 is 14.1. The fraction of sp³-hybridized carbons (Fsp3) is 0.0625. The maximum absolute atomic E-state index is 13.4. The van der Waals surface area contributed by atoms with E-state index < -0.39 is 24.1 Å². The number of amides is 2. The highest BCUT2D eigenvalue weighted by Crippen LogP contribution is 2.19. The molecule has 6 nitrogen and oxygen atoms in total. The van der Waals surface area contributed by atoms with Gasteiger partial charge in [0.05, 0.1) is 11.9 Å². The van der Waals surface area contributed by atoms with E-state index in [1.165, 1.54) is 30.5 Å². The van der Waals surface area contributed by atoms with Crippen LogP contribution in [0.25, 0.3) is 0 Å². The van der Waals surface area contributed by atoms with Crippen LogP contribution < -0.4 is 10.7 Å². The zero-order chi connectivity index (χ0) is 17.5. The van der Waals surface area contributed by atoms with Crippen LogP contribution in [0.5, 0.6) is 5.75 Å². The normalized spacial score (nSPS) is 10.6. The van der Waals surface area contributed by atoms with Crippen molar-refractivity contribution in [3.8, 4) is 5.75 Å². The molecule has 2 aromatic carbocycles. The first-order valence-electron chi connectivity index (χ1n) is 6.80. The average molecular weight is 394 g/mol. The van der Waals surface area contributed by atoms with E-state index in [2.05, 4.69) is 31.8 Å². The number of nitrogens with one attached hydrogen (secondary N) is 2. The Hall–Kier alpha value is -2.74. The molecule has 0 atom stereocenters. The Morgan fingerprint density at radius 3 is 2.71 bits per heavy atom. The number of rotatable bonds is 5. The van der Waals surface area contributed by atoms with E-state index in [1.807, 2.05) is 0 Å². The molecule has 2 amide bonds. The summed E-state index contributed by atoms with van der Waals surface area (Å²) in [6.45, 7) is 0. The van der Waals surface area contributed by atoms with Gasteiger partial charge in [-0.1, -0.05) is 28.1 Å². The van der Waals surface area contributed by atoms with Gasteiger partial charge in [-0.05, 0) is 30.3 Å². The molecule has 124 valence electrons. The molecule has 0 radical (unpaired) electrons. The van der Waals surface area contributed by atoms with E-state index in [1.54, 1.807) is 18.2 Å². The van der Waals surface area contributed by atoms with E-state index >= 15 is 0 Å². The average Bonchev–Trinajstić information content (AvgIpc) is 2.53. The van der Waals surface area contributed by atoms with Crippen molar-refractivity contribution in [2.45, 2.75) is 6.42 Å². The van der Waals surface area contributed by atoms with Crippen LogP contribution in [0.1, 0.15) is 12.0 Å². The summed E-state index contributed by atoms with van der Waals surface area (Å²) in [5.74, 6) is -1.93. The number of benzene rings is 2. The Morgan fingerprint density at radius 1 is 1.21 bits per heavy atom. The van der Waals surface area contributed by atoms with Gasteiger partial charge in [0.15, 0.2) is 0 Å². The molecule has 0 aromatic heterocycles. The first-order chi connectivity index (χ1) is 11.5. The molecule has 0 aliphatic carbocycles. The number of phenolic OH excluding ortho intramolecular Hbond substituents is 1. The van der Waals surface area contributed by atoms with E-state index in [0.29, 0.717) is 5.56 Å². The number of carbonyl (C=O) groups is 2. The Morgan fingerprint density at radius 2 is 1.96 bits per heavy atom. The van der Waals surface area contributed by atoms with Gasteiger partial charge in [-0.25, -0.2) is 9.82 Å². The third kappa shape index (κ3) is 5.17. The third-order valence-corrected chi connectivity index (χ3v) is 3.34. The second kappa shape index (κ2) is 8.21. The van der Waals surface area contributed by atoms with E-state index in [9.17, 15) is 19.1 Å². The molecule has 0 fully saturated rings. The Balaban J connectivity index is 1.87. The summed E-state index contributed by atoms with van der Waals surface area (Å²) in [5.41, 5.74) is 2.55. The number of hydrogen-bond donors (Lipinski definition) is 3. The Labute approximate surface area is 145 Å². The first-order valence-corrected chi connectivity index (χ1v) is 7.60. The number of anilines is 1. The summed E-state index contributed by atoms with van der Waals surface area (Å²) in [6, 6.07) is 10.4. The lowest BCUT2D eigenvalue weighted by Crippen LogP contribution is -2.24. The smallest absolute Gasteiger partial charge is 0.249 e. The third-order valence-electron chi connectivity index (χ3n) is 2.85. The second-order valence-corrected chi connectivity index (χ2v) is 5.62. The fourth-order valence-corrected chi connectivity index (χ4v) is 2.12. The lowest BCUT2D eigenvalue weighted by Gasteiger charge is -2.05. The highest BCUT2D eigenvalue weighted by atomic mass is 79.9. The highest BCUT2D eigenvalue weighted by Gasteiger charge is 2.11. The van der Waals surface area contributed by atoms with Crippen LogP contribution in [-0.4, -0.2) is 23.1 Å². The number of hydrogen-bond acceptors (Lipinski definition) is 4. The minimum atomic E-state index is -0.672. The molecule has 0 saturated carbocycles. The molecule has 0 aliphatic rings. The molecule has 3 N–H and O–H groups in total. The van der Waals surface area contributed by atoms with Crippen molar-refractivity contribution in [2.24, 2.45) is 5.10 Å². The number of hydrazone groups is 1. The highest BCUT2D eigenvalue weighted by molar-refractivity contribution is 9.10. The maximum Gasteiger partial charge on any atom is 0.249 e. The minimum Gasteiger partial charge on any atom is -0.507 e. The molecule has 8 heteroatoms. The van der Waals surface area contributed by atoms with Crippen molar-refractivity contribution in [3.05, 3.63) is 58.3 Å². The fourth-order valence-electron chi connectivity index (χ4n) is 1.74. The van der Waals surface area contributed by atoms with Crippen molar-refractivity contribution in [1.82, 2.24) is 5.43 Å². The van der Waals surface area contributed by atoms with Crippen LogP contribution in [0.2, 0.25) is 0 Å². The first kappa shape index (κ1) is 17.6. The summed E-state index contributed by atoms with van der Waals surface area (Å²) in [4.78, 5) is 23.3. The number of carbonyl (C=O) groups excluding carboxylic acids is 2. The van der Waals surface area contributed by atoms with Crippen LogP contribution in [0.3, 0.4) is 0 Å². The standard InChI is InChI=1S/C16H13BrFN3O3/c17-11-5-6-14(22)10(7-11)9-19-21-16(24)8-15(23)20-13-4-2-1-3-12(13)18/h1-7,9,22H,8H2,(H,20,23)(H,21,24). The molecule has 0 spiro atoms. The molecule has 2 aromatic rings. The lowest BCUT2D eigenvalue weighted by atomic mass is 10.2. The maximum atomic E-state index is 13.4. The van der Waals surface area contributed by atoms with E-state index in [0.717, 1.165) is 4.47 Å². The van der Waals surface area contributed by atoms with Gasteiger partial charge in [-0.2, -0.15) is 5.10 Å².